The minimum Gasteiger partial charge on any atom is -0.353 e. The molecular weight excluding hydrogens is 242 g/mol. The Morgan fingerprint density at radius 2 is 1.82 bits per heavy atom. The smallest absolute Gasteiger partial charge is 0.237 e. The summed E-state index contributed by atoms with van der Waals surface area (Å²) in [5, 5.41) is 2.64. The van der Waals surface area contributed by atoms with Gasteiger partial charge < -0.3 is 11.1 Å². The van der Waals surface area contributed by atoms with E-state index in [1.807, 2.05) is 13.8 Å². The normalized spacial score (nSPS) is 14.8. The Bertz CT molecular complexity index is 363. The minimum absolute atomic E-state index is 0.0426. The second-order valence-electron chi connectivity index (χ2n) is 5.25. The topological polar surface area (TPSA) is 101 Å². The Labute approximate surface area is 103 Å². The number of sulfonamides is 1. The summed E-state index contributed by atoms with van der Waals surface area (Å²) in [6.07, 6.45) is 1.08. The van der Waals surface area contributed by atoms with Gasteiger partial charge >= 0.3 is 0 Å². The number of hydrogen-bond acceptors (Lipinski definition) is 4. The van der Waals surface area contributed by atoms with Gasteiger partial charge in [-0.15, -0.1) is 0 Å². The van der Waals surface area contributed by atoms with Crippen LogP contribution in [0.1, 0.15) is 27.7 Å². The number of amides is 1. The van der Waals surface area contributed by atoms with Crippen LogP contribution in [-0.4, -0.2) is 38.7 Å². The quantitative estimate of drug-likeness (QED) is 0.597. The van der Waals surface area contributed by atoms with E-state index in [2.05, 4.69) is 10.0 Å². The summed E-state index contributed by atoms with van der Waals surface area (Å²) in [7, 11) is -3.30. The molecule has 17 heavy (non-hydrogen) atoms. The molecule has 0 radical (unpaired) electrons. The van der Waals surface area contributed by atoms with E-state index in [-0.39, 0.29) is 18.4 Å². The molecule has 0 saturated heterocycles. The molecule has 0 saturated carbocycles. The van der Waals surface area contributed by atoms with Crippen molar-refractivity contribution in [2.75, 3.05) is 12.8 Å². The van der Waals surface area contributed by atoms with E-state index in [1.54, 1.807) is 13.8 Å². The molecule has 0 fully saturated rings. The van der Waals surface area contributed by atoms with Gasteiger partial charge in [-0.3, -0.25) is 4.79 Å². The van der Waals surface area contributed by atoms with Gasteiger partial charge in [-0.1, -0.05) is 13.8 Å². The zero-order valence-electron chi connectivity index (χ0n) is 11.1. The molecule has 1 amide bonds. The second kappa shape index (κ2) is 5.79. The summed E-state index contributed by atoms with van der Waals surface area (Å²) in [5.41, 5.74) is 4.93. The maximum atomic E-state index is 11.6. The largest absolute Gasteiger partial charge is 0.353 e. The molecule has 0 aliphatic rings. The molecule has 102 valence electrons. The standard InChI is InChI=1S/C10H23N3O3S/c1-7(2)8(11)9(14)12-6-10(3,4)13-17(5,15)16/h7-8,13H,6,11H2,1-5H3,(H,12,14)/t8-/m1/s1. The summed E-state index contributed by atoms with van der Waals surface area (Å²) in [5.74, 6) is -0.232. The van der Waals surface area contributed by atoms with Crippen molar-refractivity contribution in [1.82, 2.24) is 10.0 Å². The van der Waals surface area contributed by atoms with Gasteiger partial charge in [0, 0.05) is 12.1 Å². The Morgan fingerprint density at radius 3 is 2.18 bits per heavy atom. The van der Waals surface area contributed by atoms with E-state index in [9.17, 15) is 13.2 Å². The molecule has 6 nitrogen and oxygen atoms in total. The predicted octanol–water partition coefficient (Wildman–Crippen LogP) is -0.586. The third-order valence-electron chi connectivity index (χ3n) is 2.19. The van der Waals surface area contributed by atoms with Gasteiger partial charge in [-0.25, -0.2) is 13.1 Å². The lowest BCUT2D eigenvalue weighted by Gasteiger charge is -2.26. The van der Waals surface area contributed by atoms with Crippen molar-refractivity contribution < 1.29 is 13.2 Å². The number of nitrogens with two attached hydrogens (primary N) is 1. The lowest BCUT2D eigenvalue weighted by molar-refractivity contribution is -0.123. The molecular formula is C10H23N3O3S. The maximum Gasteiger partial charge on any atom is 0.237 e. The summed E-state index contributed by atoms with van der Waals surface area (Å²) in [6.45, 7) is 7.28. The summed E-state index contributed by atoms with van der Waals surface area (Å²) in [4.78, 5) is 11.6. The van der Waals surface area contributed by atoms with Crippen LogP contribution >= 0.6 is 0 Å². The van der Waals surface area contributed by atoms with Crippen LogP contribution in [0.2, 0.25) is 0 Å². The Balaban J connectivity index is 4.33. The van der Waals surface area contributed by atoms with E-state index < -0.39 is 21.6 Å². The van der Waals surface area contributed by atoms with Crippen LogP contribution in [0.3, 0.4) is 0 Å². The molecule has 0 aromatic rings. The molecule has 0 unspecified atom stereocenters. The molecule has 0 aromatic carbocycles. The summed E-state index contributed by atoms with van der Waals surface area (Å²) >= 11 is 0. The lowest BCUT2D eigenvalue weighted by Crippen LogP contribution is -2.54. The predicted molar refractivity (Wildman–Crippen MR) is 67.9 cm³/mol. The van der Waals surface area contributed by atoms with Crippen LogP contribution in [0.25, 0.3) is 0 Å². The number of carbonyl (C=O) groups is 1. The van der Waals surface area contributed by atoms with Crippen LogP contribution in [0.4, 0.5) is 0 Å². The molecule has 7 heteroatoms. The van der Waals surface area contributed by atoms with Crippen molar-refractivity contribution in [3.8, 4) is 0 Å². The van der Waals surface area contributed by atoms with Gasteiger partial charge in [0.25, 0.3) is 0 Å². The molecule has 0 bridgehead atoms. The fourth-order valence-corrected chi connectivity index (χ4v) is 2.34. The van der Waals surface area contributed by atoms with E-state index in [1.165, 1.54) is 0 Å². The van der Waals surface area contributed by atoms with Gasteiger partial charge in [0.15, 0.2) is 0 Å². The first kappa shape index (κ1) is 16.3. The Kier molecular flexibility index (Phi) is 5.57. The van der Waals surface area contributed by atoms with Gasteiger partial charge in [0.1, 0.15) is 0 Å². The zero-order valence-corrected chi connectivity index (χ0v) is 11.9. The molecule has 0 aromatic heterocycles. The van der Waals surface area contributed by atoms with Gasteiger partial charge in [-0.2, -0.15) is 0 Å². The van der Waals surface area contributed by atoms with Crippen molar-refractivity contribution >= 4 is 15.9 Å². The molecule has 4 N–H and O–H groups in total. The first-order chi connectivity index (χ1) is 7.44. The van der Waals surface area contributed by atoms with Gasteiger partial charge in [0.05, 0.1) is 12.3 Å². The van der Waals surface area contributed by atoms with Crippen LogP contribution in [-0.2, 0) is 14.8 Å². The molecule has 0 aliphatic carbocycles. The fourth-order valence-electron chi connectivity index (χ4n) is 1.27. The number of nitrogens with one attached hydrogen (secondary N) is 2. The number of carbonyl (C=O) groups excluding carboxylic acids is 1. The van der Waals surface area contributed by atoms with Gasteiger partial charge in [0.2, 0.25) is 15.9 Å². The monoisotopic (exact) mass is 265 g/mol. The highest BCUT2D eigenvalue weighted by Gasteiger charge is 2.24. The summed E-state index contributed by atoms with van der Waals surface area (Å²) in [6, 6.07) is -0.580. The molecule has 0 spiro atoms. The highest BCUT2D eigenvalue weighted by molar-refractivity contribution is 7.88. The third kappa shape index (κ3) is 7.30. The van der Waals surface area contributed by atoms with Crippen molar-refractivity contribution in [2.24, 2.45) is 11.7 Å². The molecule has 1 atom stereocenters. The first-order valence-electron chi connectivity index (χ1n) is 5.47. The zero-order chi connectivity index (χ0) is 13.9. The van der Waals surface area contributed by atoms with Crippen molar-refractivity contribution in [3.63, 3.8) is 0 Å². The highest BCUT2D eigenvalue weighted by atomic mass is 32.2. The number of hydrogen-bond donors (Lipinski definition) is 3. The van der Waals surface area contributed by atoms with Crippen LogP contribution in [0.15, 0.2) is 0 Å². The molecule has 0 aliphatic heterocycles. The Morgan fingerprint density at radius 1 is 1.35 bits per heavy atom. The van der Waals surface area contributed by atoms with Gasteiger partial charge in [-0.05, 0) is 19.8 Å². The SMILES string of the molecule is CC(C)[C@@H](N)C(=O)NCC(C)(C)NS(C)(=O)=O. The van der Waals surface area contributed by atoms with E-state index >= 15 is 0 Å². The van der Waals surface area contributed by atoms with Crippen molar-refractivity contribution in [3.05, 3.63) is 0 Å². The van der Waals surface area contributed by atoms with E-state index in [0.29, 0.717) is 0 Å². The van der Waals surface area contributed by atoms with Crippen molar-refractivity contribution in [2.45, 2.75) is 39.3 Å². The molecule has 0 rings (SSSR count). The fraction of sp³-hybridized carbons (Fsp3) is 0.900. The number of rotatable bonds is 6. The maximum absolute atomic E-state index is 11.6. The second-order valence-corrected chi connectivity index (χ2v) is 6.99. The lowest BCUT2D eigenvalue weighted by atomic mass is 10.0. The Hall–Kier alpha value is -0.660. The minimum atomic E-state index is -3.30. The third-order valence-corrected chi connectivity index (χ3v) is 3.11. The van der Waals surface area contributed by atoms with Crippen molar-refractivity contribution in [1.29, 1.82) is 0 Å². The van der Waals surface area contributed by atoms with Crippen LogP contribution < -0.4 is 15.8 Å². The highest BCUT2D eigenvalue weighted by Crippen LogP contribution is 2.03. The average molecular weight is 265 g/mol. The van der Waals surface area contributed by atoms with Crippen LogP contribution in [0.5, 0.6) is 0 Å². The summed E-state index contributed by atoms with van der Waals surface area (Å²) < 4.78 is 24.6. The van der Waals surface area contributed by atoms with E-state index in [4.69, 9.17) is 5.73 Å². The first-order valence-corrected chi connectivity index (χ1v) is 7.36. The average Bonchev–Trinajstić information content (AvgIpc) is 2.09. The van der Waals surface area contributed by atoms with Crippen LogP contribution in [0, 0.1) is 5.92 Å². The molecule has 0 heterocycles. The van der Waals surface area contributed by atoms with E-state index in [0.717, 1.165) is 6.26 Å².